The van der Waals surface area contributed by atoms with E-state index < -0.39 is 0 Å². The van der Waals surface area contributed by atoms with Gasteiger partial charge in [0, 0.05) is 12.1 Å². The van der Waals surface area contributed by atoms with E-state index in [1.165, 1.54) is 22.3 Å². The second-order valence-corrected chi connectivity index (χ2v) is 7.37. The molecule has 0 heterocycles. The van der Waals surface area contributed by atoms with Crippen LogP contribution in [0.4, 0.5) is 0 Å². The van der Waals surface area contributed by atoms with Crippen LogP contribution in [0.25, 0.3) is 5.57 Å². The molecule has 2 aromatic rings. The van der Waals surface area contributed by atoms with Crippen molar-refractivity contribution in [3.8, 4) is 11.8 Å². The number of benzene rings is 2. The smallest absolute Gasteiger partial charge is 0.0605 e. The van der Waals surface area contributed by atoms with E-state index in [-0.39, 0.29) is 0 Å². The lowest BCUT2D eigenvalue weighted by Gasteiger charge is -2.15. The number of hydrogen-bond acceptors (Lipinski definition) is 1. The van der Waals surface area contributed by atoms with Gasteiger partial charge in [0.05, 0.1) is 6.54 Å². The zero-order chi connectivity index (χ0) is 19.8. The normalized spacial score (nSPS) is 14.6. The highest BCUT2D eigenvalue weighted by Gasteiger charge is 2.14. The zero-order valence-corrected chi connectivity index (χ0v) is 17.2. The maximum absolute atomic E-state index is 3.33. The minimum atomic E-state index is 0.384. The summed E-state index contributed by atoms with van der Waals surface area (Å²) in [5, 5.41) is 0. The second kappa shape index (κ2) is 9.93. The van der Waals surface area contributed by atoms with Gasteiger partial charge in [-0.1, -0.05) is 97.7 Å². The average molecular weight is 368 g/mol. The molecular weight excluding hydrogens is 338 g/mol. The van der Waals surface area contributed by atoms with Gasteiger partial charge in [-0.05, 0) is 48.6 Å². The van der Waals surface area contributed by atoms with E-state index >= 15 is 0 Å². The fourth-order valence-electron chi connectivity index (χ4n) is 3.45. The van der Waals surface area contributed by atoms with E-state index in [1.807, 2.05) is 6.92 Å². The number of allylic oxidation sites excluding steroid dienone is 5. The van der Waals surface area contributed by atoms with Gasteiger partial charge < -0.3 is 0 Å². The van der Waals surface area contributed by atoms with Crippen LogP contribution < -0.4 is 0 Å². The van der Waals surface area contributed by atoms with Crippen LogP contribution in [-0.2, 0) is 6.42 Å². The first kappa shape index (κ1) is 19.9. The van der Waals surface area contributed by atoms with E-state index in [4.69, 9.17) is 0 Å². The standard InChI is InChI=1S/C27H29N/c1-4-23(17-16-22(2)24-12-6-5-7-13-24)11-10-20-28(3)21-26-19-18-25-14-8-9-15-27(25)26/h4-9,12-17,19,22H,18,20-21H2,1-3H3/b17-16-,23-4-. The van der Waals surface area contributed by atoms with E-state index in [9.17, 15) is 0 Å². The Morgan fingerprint density at radius 1 is 1.11 bits per heavy atom. The van der Waals surface area contributed by atoms with E-state index in [0.717, 1.165) is 25.1 Å². The first-order valence-electron chi connectivity index (χ1n) is 10.0. The van der Waals surface area contributed by atoms with Gasteiger partial charge in [0.2, 0.25) is 0 Å². The molecule has 0 N–H and O–H groups in total. The van der Waals surface area contributed by atoms with Gasteiger partial charge in [0.1, 0.15) is 0 Å². The Hall–Kier alpha value is -2.82. The van der Waals surface area contributed by atoms with Crippen LogP contribution in [0.5, 0.6) is 0 Å². The quantitative estimate of drug-likeness (QED) is 0.456. The van der Waals surface area contributed by atoms with E-state index in [2.05, 4.69) is 110 Å². The van der Waals surface area contributed by atoms with Gasteiger partial charge in [-0.2, -0.15) is 0 Å². The maximum Gasteiger partial charge on any atom is 0.0605 e. The van der Waals surface area contributed by atoms with Crippen LogP contribution in [0, 0.1) is 11.8 Å². The molecule has 2 aromatic carbocycles. The Balaban J connectivity index is 1.53. The van der Waals surface area contributed by atoms with Crippen molar-refractivity contribution >= 4 is 5.57 Å². The third-order valence-corrected chi connectivity index (χ3v) is 5.15. The lowest BCUT2D eigenvalue weighted by atomic mass is 10.00. The van der Waals surface area contributed by atoms with Crippen LogP contribution in [-0.4, -0.2) is 25.0 Å². The molecule has 142 valence electrons. The molecule has 1 unspecified atom stereocenters. The molecule has 0 aliphatic heterocycles. The summed E-state index contributed by atoms with van der Waals surface area (Å²) in [6, 6.07) is 19.3. The summed E-state index contributed by atoms with van der Waals surface area (Å²) in [7, 11) is 2.14. The molecule has 1 atom stereocenters. The van der Waals surface area contributed by atoms with Crippen molar-refractivity contribution in [1.29, 1.82) is 0 Å². The largest absolute Gasteiger partial charge is 0.291 e. The molecular formula is C27H29N. The first-order valence-corrected chi connectivity index (χ1v) is 10.0. The lowest BCUT2D eigenvalue weighted by molar-refractivity contribution is 0.425. The van der Waals surface area contributed by atoms with Crippen molar-refractivity contribution in [2.24, 2.45) is 0 Å². The van der Waals surface area contributed by atoms with Gasteiger partial charge in [0.25, 0.3) is 0 Å². The fourth-order valence-corrected chi connectivity index (χ4v) is 3.45. The summed E-state index contributed by atoms with van der Waals surface area (Å²) < 4.78 is 0. The summed E-state index contributed by atoms with van der Waals surface area (Å²) in [4.78, 5) is 2.28. The fraction of sp³-hybridized carbons (Fsp3) is 0.259. The molecule has 0 radical (unpaired) electrons. The Morgan fingerprint density at radius 2 is 1.86 bits per heavy atom. The molecule has 3 rings (SSSR count). The number of likely N-dealkylation sites (N-methyl/N-ethyl adjacent to an activating group) is 1. The third-order valence-electron chi connectivity index (χ3n) is 5.15. The summed E-state index contributed by atoms with van der Waals surface area (Å²) in [5.74, 6) is 7.03. The van der Waals surface area contributed by atoms with E-state index in [0.29, 0.717) is 5.92 Å². The molecule has 0 saturated carbocycles. The van der Waals surface area contributed by atoms with Gasteiger partial charge in [0.15, 0.2) is 0 Å². The summed E-state index contributed by atoms with van der Waals surface area (Å²) in [5.41, 5.74) is 6.65. The predicted octanol–water partition coefficient (Wildman–Crippen LogP) is 5.87. The van der Waals surface area contributed by atoms with Crippen LogP contribution in [0.3, 0.4) is 0 Å². The topological polar surface area (TPSA) is 3.24 Å². The molecule has 28 heavy (non-hydrogen) atoms. The van der Waals surface area contributed by atoms with Crippen molar-refractivity contribution < 1.29 is 0 Å². The van der Waals surface area contributed by atoms with Crippen molar-refractivity contribution in [1.82, 2.24) is 4.90 Å². The van der Waals surface area contributed by atoms with Crippen LogP contribution in [0.15, 0.2) is 84.5 Å². The van der Waals surface area contributed by atoms with Crippen LogP contribution in [0.1, 0.15) is 36.5 Å². The minimum absolute atomic E-state index is 0.384. The number of hydrogen-bond donors (Lipinski definition) is 0. The summed E-state index contributed by atoms with van der Waals surface area (Å²) >= 11 is 0. The molecule has 0 bridgehead atoms. The van der Waals surface area contributed by atoms with Crippen molar-refractivity contribution in [3.05, 3.63) is 101 Å². The number of rotatable bonds is 6. The van der Waals surface area contributed by atoms with Gasteiger partial charge >= 0.3 is 0 Å². The maximum atomic E-state index is 3.33. The zero-order valence-electron chi connectivity index (χ0n) is 17.2. The average Bonchev–Trinajstić information content (AvgIpc) is 3.13. The molecule has 1 aliphatic rings. The van der Waals surface area contributed by atoms with Gasteiger partial charge in [-0.3, -0.25) is 4.90 Å². The summed E-state index contributed by atoms with van der Waals surface area (Å²) in [6.07, 6.45) is 9.85. The van der Waals surface area contributed by atoms with Gasteiger partial charge in [-0.15, -0.1) is 0 Å². The SMILES string of the molecule is C/C=C(C#CCN(C)CC1=CCc2ccccc21)\C=C/C(C)c1ccccc1. The third kappa shape index (κ3) is 5.35. The molecule has 0 spiro atoms. The van der Waals surface area contributed by atoms with Crippen molar-refractivity contribution in [2.45, 2.75) is 26.2 Å². The Kier molecular flexibility index (Phi) is 7.06. The number of nitrogens with zero attached hydrogens (tertiary/aromatic N) is 1. The van der Waals surface area contributed by atoms with Crippen molar-refractivity contribution in [3.63, 3.8) is 0 Å². The molecule has 1 heteroatoms. The highest BCUT2D eigenvalue weighted by molar-refractivity contribution is 5.74. The van der Waals surface area contributed by atoms with Crippen molar-refractivity contribution in [2.75, 3.05) is 20.1 Å². The monoisotopic (exact) mass is 367 g/mol. The lowest BCUT2D eigenvalue weighted by Crippen LogP contribution is -2.20. The molecule has 0 aromatic heterocycles. The Morgan fingerprint density at radius 3 is 2.64 bits per heavy atom. The minimum Gasteiger partial charge on any atom is -0.291 e. The molecule has 0 fully saturated rings. The Bertz CT molecular complexity index is 935. The molecule has 1 nitrogen and oxygen atoms in total. The molecule has 0 amide bonds. The highest BCUT2D eigenvalue weighted by Crippen LogP contribution is 2.27. The second-order valence-electron chi connectivity index (χ2n) is 7.37. The van der Waals surface area contributed by atoms with Crippen LogP contribution >= 0.6 is 0 Å². The van der Waals surface area contributed by atoms with E-state index in [1.54, 1.807) is 0 Å². The van der Waals surface area contributed by atoms with Crippen LogP contribution in [0.2, 0.25) is 0 Å². The highest BCUT2D eigenvalue weighted by atomic mass is 15.1. The molecule has 1 aliphatic carbocycles. The first-order chi connectivity index (χ1) is 13.7. The number of fused-ring (bicyclic) bond motifs is 1. The van der Waals surface area contributed by atoms with Gasteiger partial charge in [-0.25, -0.2) is 0 Å². The molecule has 0 saturated heterocycles. The summed E-state index contributed by atoms with van der Waals surface area (Å²) in [6.45, 7) is 5.97. The predicted molar refractivity (Wildman–Crippen MR) is 121 cm³/mol. The Labute approximate surface area is 170 Å².